The highest BCUT2D eigenvalue weighted by Gasteiger charge is 2.21. The predicted molar refractivity (Wildman–Crippen MR) is 86.2 cm³/mol. The van der Waals surface area contributed by atoms with Gasteiger partial charge in [0, 0.05) is 10.0 Å². The molecule has 0 saturated heterocycles. The van der Waals surface area contributed by atoms with Gasteiger partial charge in [0.15, 0.2) is 5.69 Å². The number of aromatic carboxylic acids is 1. The van der Waals surface area contributed by atoms with E-state index in [9.17, 15) is 9.90 Å². The van der Waals surface area contributed by atoms with Crippen LogP contribution in [-0.2, 0) is 0 Å². The van der Waals surface area contributed by atoms with E-state index in [2.05, 4.69) is 26.2 Å². The minimum atomic E-state index is -1.10. The molecule has 0 unspecified atom stereocenters. The van der Waals surface area contributed by atoms with Crippen molar-refractivity contribution >= 4 is 21.9 Å². The lowest BCUT2D eigenvalue weighted by atomic mass is 10.1. The molecule has 0 bridgehead atoms. The highest BCUT2D eigenvalue weighted by molar-refractivity contribution is 9.10. The fourth-order valence-corrected chi connectivity index (χ4v) is 2.42. The number of hydrogen-bond donors (Lipinski definition) is 1. The quantitative estimate of drug-likeness (QED) is 0.775. The third-order valence-corrected chi connectivity index (χ3v) is 3.80. The second kappa shape index (κ2) is 5.73. The fourth-order valence-electron chi connectivity index (χ4n) is 2.16. The van der Waals surface area contributed by atoms with E-state index in [4.69, 9.17) is 0 Å². The zero-order valence-electron chi connectivity index (χ0n) is 11.7. The van der Waals surface area contributed by atoms with Crippen LogP contribution < -0.4 is 0 Å². The number of benzene rings is 2. The van der Waals surface area contributed by atoms with Gasteiger partial charge in [-0.1, -0.05) is 51.0 Å². The number of halogens is 1. The summed E-state index contributed by atoms with van der Waals surface area (Å²) in [6.45, 7) is 1.98. The molecule has 5 nitrogen and oxygen atoms in total. The number of aryl methyl sites for hydroxylation is 1. The van der Waals surface area contributed by atoms with Crippen molar-refractivity contribution in [2.75, 3.05) is 0 Å². The molecule has 2 aromatic carbocycles. The van der Waals surface area contributed by atoms with E-state index in [-0.39, 0.29) is 5.69 Å². The highest BCUT2D eigenvalue weighted by atomic mass is 79.9. The second-order valence-electron chi connectivity index (χ2n) is 4.85. The zero-order valence-corrected chi connectivity index (χ0v) is 13.3. The van der Waals surface area contributed by atoms with E-state index >= 15 is 0 Å². The molecule has 1 aromatic heterocycles. The van der Waals surface area contributed by atoms with E-state index in [0.29, 0.717) is 5.69 Å². The Morgan fingerprint density at radius 1 is 1.09 bits per heavy atom. The van der Waals surface area contributed by atoms with Crippen molar-refractivity contribution in [3.05, 3.63) is 64.3 Å². The minimum absolute atomic E-state index is 0.0632. The number of carbonyl (C=O) groups is 1. The van der Waals surface area contributed by atoms with Crippen molar-refractivity contribution in [3.8, 4) is 16.9 Å². The molecule has 0 fully saturated rings. The first kappa shape index (κ1) is 14.5. The number of rotatable bonds is 3. The van der Waals surface area contributed by atoms with Crippen LogP contribution in [0.4, 0.5) is 0 Å². The largest absolute Gasteiger partial charge is 0.476 e. The Bertz CT molecular complexity index is 824. The summed E-state index contributed by atoms with van der Waals surface area (Å²) in [5.74, 6) is -1.10. The van der Waals surface area contributed by atoms with E-state index in [1.165, 1.54) is 0 Å². The second-order valence-corrected chi connectivity index (χ2v) is 5.76. The maximum atomic E-state index is 11.4. The molecule has 0 saturated carbocycles. The Labute approximate surface area is 135 Å². The van der Waals surface area contributed by atoms with E-state index < -0.39 is 5.97 Å². The van der Waals surface area contributed by atoms with E-state index in [0.717, 1.165) is 21.3 Å². The van der Waals surface area contributed by atoms with Crippen LogP contribution in [0, 0.1) is 6.92 Å². The summed E-state index contributed by atoms with van der Waals surface area (Å²) < 4.78 is 2.48. The van der Waals surface area contributed by atoms with Gasteiger partial charge in [0.05, 0.1) is 5.69 Å². The van der Waals surface area contributed by atoms with Crippen LogP contribution in [-0.4, -0.2) is 26.1 Å². The SMILES string of the molecule is Cc1ccc(-c2c(C(=O)O)nnn2-c2ccc(Br)cc2)cc1. The third-order valence-electron chi connectivity index (χ3n) is 3.27. The lowest BCUT2D eigenvalue weighted by Crippen LogP contribution is -2.03. The van der Waals surface area contributed by atoms with Crippen LogP contribution >= 0.6 is 15.9 Å². The maximum Gasteiger partial charge on any atom is 0.358 e. The summed E-state index contributed by atoms with van der Waals surface area (Å²) in [6.07, 6.45) is 0. The normalized spacial score (nSPS) is 10.6. The van der Waals surface area contributed by atoms with Crippen molar-refractivity contribution in [1.29, 1.82) is 0 Å². The van der Waals surface area contributed by atoms with Crippen LogP contribution in [0.5, 0.6) is 0 Å². The smallest absolute Gasteiger partial charge is 0.358 e. The van der Waals surface area contributed by atoms with E-state index in [1.54, 1.807) is 4.68 Å². The molecule has 0 aliphatic carbocycles. The first-order chi connectivity index (χ1) is 10.6. The molecule has 0 spiro atoms. The summed E-state index contributed by atoms with van der Waals surface area (Å²) >= 11 is 3.38. The van der Waals surface area contributed by atoms with Crippen LogP contribution in [0.15, 0.2) is 53.0 Å². The highest BCUT2D eigenvalue weighted by Crippen LogP contribution is 2.26. The molecule has 22 heavy (non-hydrogen) atoms. The lowest BCUT2D eigenvalue weighted by molar-refractivity contribution is 0.0691. The predicted octanol–water partition coefficient (Wildman–Crippen LogP) is 3.70. The average Bonchev–Trinajstić information content (AvgIpc) is 2.94. The Morgan fingerprint density at radius 2 is 1.73 bits per heavy atom. The molecule has 1 heterocycles. The standard InChI is InChI=1S/C16H12BrN3O2/c1-10-2-4-11(5-3-10)15-14(16(21)22)18-19-20(15)13-8-6-12(17)7-9-13/h2-9H,1H3,(H,21,22). The van der Waals surface area contributed by atoms with Gasteiger partial charge < -0.3 is 5.11 Å². The number of hydrogen-bond acceptors (Lipinski definition) is 3. The summed E-state index contributed by atoms with van der Waals surface area (Å²) in [7, 11) is 0. The van der Waals surface area contributed by atoms with Gasteiger partial charge in [0.2, 0.25) is 0 Å². The summed E-state index contributed by atoms with van der Waals surface area (Å²) in [6, 6.07) is 15.0. The topological polar surface area (TPSA) is 68.0 Å². The van der Waals surface area contributed by atoms with Crippen LogP contribution in [0.1, 0.15) is 16.1 Å². The molecule has 3 aromatic rings. The molecule has 0 atom stereocenters. The number of aromatic nitrogens is 3. The molecule has 110 valence electrons. The van der Waals surface area contributed by atoms with Gasteiger partial charge >= 0.3 is 5.97 Å². The summed E-state index contributed by atoms with van der Waals surface area (Å²) in [4.78, 5) is 11.4. The van der Waals surface area contributed by atoms with E-state index in [1.807, 2.05) is 55.5 Å². The molecular formula is C16H12BrN3O2. The van der Waals surface area contributed by atoms with Crippen LogP contribution in [0.25, 0.3) is 16.9 Å². The van der Waals surface area contributed by atoms with Gasteiger partial charge in [0.1, 0.15) is 5.69 Å². The minimum Gasteiger partial charge on any atom is -0.476 e. The van der Waals surface area contributed by atoms with Gasteiger partial charge in [-0.05, 0) is 31.2 Å². The van der Waals surface area contributed by atoms with Crippen molar-refractivity contribution in [1.82, 2.24) is 15.0 Å². The van der Waals surface area contributed by atoms with Crippen molar-refractivity contribution in [2.45, 2.75) is 6.92 Å². The fraction of sp³-hybridized carbons (Fsp3) is 0.0625. The molecule has 0 amide bonds. The van der Waals surface area contributed by atoms with Gasteiger partial charge in [0.25, 0.3) is 0 Å². The molecule has 3 rings (SSSR count). The molecular weight excluding hydrogens is 346 g/mol. The monoisotopic (exact) mass is 357 g/mol. The van der Waals surface area contributed by atoms with Gasteiger partial charge in [-0.25, -0.2) is 9.48 Å². The number of nitrogens with zero attached hydrogens (tertiary/aromatic N) is 3. The van der Waals surface area contributed by atoms with Crippen molar-refractivity contribution in [2.24, 2.45) is 0 Å². The third kappa shape index (κ3) is 2.65. The average molecular weight is 358 g/mol. The first-order valence-corrected chi connectivity index (χ1v) is 7.37. The Balaban J connectivity index is 2.21. The van der Waals surface area contributed by atoms with Gasteiger partial charge in [-0.3, -0.25) is 0 Å². The lowest BCUT2D eigenvalue weighted by Gasteiger charge is -2.08. The molecule has 0 aliphatic rings. The maximum absolute atomic E-state index is 11.4. The van der Waals surface area contributed by atoms with Crippen molar-refractivity contribution in [3.63, 3.8) is 0 Å². The number of carboxylic acid groups (broad SMARTS) is 1. The Hall–Kier alpha value is -2.47. The first-order valence-electron chi connectivity index (χ1n) is 6.58. The van der Waals surface area contributed by atoms with Gasteiger partial charge in [-0.2, -0.15) is 0 Å². The molecule has 1 N–H and O–H groups in total. The molecule has 0 aliphatic heterocycles. The molecule has 6 heteroatoms. The summed E-state index contributed by atoms with van der Waals surface area (Å²) in [5.41, 5.74) is 3.01. The van der Waals surface area contributed by atoms with Crippen LogP contribution in [0.3, 0.4) is 0 Å². The number of carboxylic acids is 1. The summed E-state index contributed by atoms with van der Waals surface area (Å²) in [5, 5.41) is 17.2. The van der Waals surface area contributed by atoms with Gasteiger partial charge in [-0.15, -0.1) is 5.10 Å². The van der Waals surface area contributed by atoms with Crippen LogP contribution in [0.2, 0.25) is 0 Å². The zero-order chi connectivity index (χ0) is 15.7. The Kier molecular flexibility index (Phi) is 3.77. The molecule has 0 radical (unpaired) electrons. The Morgan fingerprint density at radius 3 is 2.32 bits per heavy atom. The van der Waals surface area contributed by atoms with Crippen molar-refractivity contribution < 1.29 is 9.90 Å².